The predicted octanol–water partition coefficient (Wildman–Crippen LogP) is 2.42. The van der Waals surface area contributed by atoms with Gasteiger partial charge in [-0.05, 0) is 34.5 Å². The van der Waals surface area contributed by atoms with E-state index in [-0.39, 0.29) is 4.87 Å². The molecule has 0 aliphatic rings. The second kappa shape index (κ2) is 4.28. The molecule has 0 spiro atoms. The lowest BCUT2D eigenvalue weighted by atomic mass is 10.2. The van der Waals surface area contributed by atoms with E-state index in [1.807, 2.05) is 13.0 Å². The summed E-state index contributed by atoms with van der Waals surface area (Å²) in [7, 11) is 0. The van der Waals surface area contributed by atoms with Gasteiger partial charge in [-0.25, -0.2) is 0 Å². The Hall–Kier alpha value is -0.940. The Balaban J connectivity index is 2.33. The minimum atomic E-state index is 0.0547. The van der Waals surface area contributed by atoms with E-state index < -0.39 is 0 Å². The zero-order valence-corrected chi connectivity index (χ0v) is 10.5. The molecular weight excluding hydrogens is 276 g/mol. The maximum atomic E-state index is 11.3. The maximum Gasteiger partial charge on any atom is 0.307 e. The lowest BCUT2D eigenvalue weighted by molar-refractivity contribution is 0.754. The van der Waals surface area contributed by atoms with Gasteiger partial charge in [-0.3, -0.25) is 14.3 Å². The van der Waals surface area contributed by atoms with Crippen molar-refractivity contribution in [1.29, 1.82) is 0 Å². The predicted molar refractivity (Wildman–Crippen MR) is 64.4 cm³/mol. The second-order valence-electron chi connectivity index (χ2n) is 3.21. The molecule has 0 N–H and O–H groups in total. The number of nitrogens with zero attached hydrogens (tertiary/aromatic N) is 2. The van der Waals surface area contributed by atoms with Crippen molar-refractivity contribution in [2.24, 2.45) is 0 Å². The lowest BCUT2D eigenvalue weighted by Gasteiger charge is -2.05. The fourth-order valence-electron chi connectivity index (χ4n) is 1.30. The standard InChI is InChI=1S/C10H9BrN2OS/c1-7-4-8(11)5-12-9(7)6-13-2-3-15-10(13)14/h2-5H,6H2,1H3. The lowest BCUT2D eigenvalue weighted by Crippen LogP contribution is -2.14. The number of aryl methyl sites for hydroxylation is 1. The van der Waals surface area contributed by atoms with Crippen molar-refractivity contribution in [3.63, 3.8) is 0 Å². The summed E-state index contributed by atoms with van der Waals surface area (Å²) in [5.74, 6) is 0. The molecule has 2 heterocycles. The summed E-state index contributed by atoms with van der Waals surface area (Å²) < 4.78 is 2.62. The quantitative estimate of drug-likeness (QED) is 0.849. The highest BCUT2D eigenvalue weighted by Crippen LogP contribution is 2.13. The summed E-state index contributed by atoms with van der Waals surface area (Å²) >= 11 is 4.56. The van der Waals surface area contributed by atoms with E-state index in [2.05, 4.69) is 20.9 Å². The van der Waals surface area contributed by atoms with E-state index in [4.69, 9.17) is 0 Å². The Bertz CT molecular complexity index is 532. The minimum Gasteiger partial charge on any atom is -0.300 e. The third-order valence-electron chi connectivity index (χ3n) is 2.12. The van der Waals surface area contributed by atoms with Gasteiger partial charge >= 0.3 is 4.87 Å². The highest BCUT2D eigenvalue weighted by molar-refractivity contribution is 9.10. The molecule has 0 bridgehead atoms. The molecule has 2 aromatic rings. The van der Waals surface area contributed by atoms with Crippen molar-refractivity contribution in [1.82, 2.24) is 9.55 Å². The molecule has 0 atom stereocenters. The largest absolute Gasteiger partial charge is 0.307 e. The van der Waals surface area contributed by atoms with E-state index >= 15 is 0 Å². The average Bonchev–Trinajstić information content (AvgIpc) is 2.57. The van der Waals surface area contributed by atoms with Crippen LogP contribution in [0.3, 0.4) is 0 Å². The first-order chi connectivity index (χ1) is 7.16. The molecule has 0 aliphatic heterocycles. The van der Waals surface area contributed by atoms with E-state index in [0.717, 1.165) is 15.7 Å². The van der Waals surface area contributed by atoms with Crippen molar-refractivity contribution in [2.45, 2.75) is 13.5 Å². The third-order valence-corrected chi connectivity index (χ3v) is 3.25. The molecule has 0 amide bonds. The molecule has 15 heavy (non-hydrogen) atoms. The zero-order valence-electron chi connectivity index (χ0n) is 8.11. The summed E-state index contributed by atoms with van der Waals surface area (Å²) in [6.07, 6.45) is 3.54. The summed E-state index contributed by atoms with van der Waals surface area (Å²) in [4.78, 5) is 15.7. The van der Waals surface area contributed by atoms with Gasteiger partial charge in [0.05, 0.1) is 12.2 Å². The Kier molecular flexibility index (Phi) is 3.02. The van der Waals surface area contributed by atoms with Crippen LogP contribution in [0.25, 0.3) is 0 Å². The Labute approximate surface area is 99.5 Å². The van der Waals surface area contributed by atoms with Gasteiger partial charge in [-0.15, -0.1) is 0 Å². The number of aromatic nitrogens is 2. The number of rotatable bonds is 2. The van der Waals surface area contributed by atoms with Crippen LogP contribution < -0.4 is 4.87 Å². The van der Waals surface area contributed by atoms with Gasteiger partial charge in [0.2, 0.25) is 0 Å². The molecule has 78 valence electrons. The first-order valence-electron chi connectivity index (χ1n) is 4.42. The van der Waals surface area contributed by atoms with Gasteiger partial charge in [0, 0.05) is 22.2 Å². The van der Waals surface area contributed by atoms with E-state index in [1.165, 1.54) is 11.3 Å². The van der Waals surface area contributed by atoms with E-state index in [1.54, 1.807) is 22.3 Å². The van der Waals surface area contributed by atoms with Gasteiger partial charge in [0.1, 0.15) is 0 Å². The summed E-state index contributed by atoms with van der Waals surface area (Å²) in [6, 6.07) is 2.00. The van der Waals surface area contributed by atoms with Crippen molar-refractivity contribution >= 4 is 27.3 Å². The summed E-state index contributed by atoms with van der Waals surface area (Å²) in [6.45, 7) is 2.53. The maximum absolute atomic E-state index is 11.3. The topological polar surface area (TPSA) is 34.9 Å². The van der Waals surface area contributed by atoms with Crippen LogP contribution in [0.5, 0.6) is 0 Å². The van der Waals surface area contributed by atoms with Crippen LogP contribution in [-0.2, 0) is 6.54 Å². The summed E-state index contributed by atoms with van der Waals surface area (Å²) in [5, 5.41) is 1.79. The van der Waals surface area contributed by atoms with Gasteiger partial charge in [-0.1, -0.05) is 11.3 Å². The molecule has 0 saturated heterocycles. The summed E-state index contributed by atoms with van der Waals surface area (Å²) in [5.41, 5.74) is 2.01. The van der Waals surface area contributed by atoms with Crippen molar-refractivity contribution in [2.75, 3.05) is 0 Å². The highest BCUT2D eigenvalue weighted by atomic mass is 79.9. The molecule has 0 aromatic carbocycles. The Morgan fingerprint density at radius 1 is 1.60 bits per heavy atom. The number of halogens is 1. The molecule has 3 nitrogen and oxygen atoms in total. The van der Waals surface area contributed by atoms with Crippen LogP contribution in [0.15, 0.2) is 33.1 Å². The molecule has 0 aliphatic carbocycles. The van der Waals surface area contributed by atoms with Gasteiger partial charge < -0.3 is 0 Å². The van der Waals surface area contributed by atoms with Crippen molar-refractivity contribution in [3.05, 3.63) is 49.2 Å². The number of thiazole rings is 1. The van der Waals surface area contributed by atoms with Gasteiger partial charge in [-0.2, -0.15) is 0 Å². The number of pyridine rings is 1. The molecule has 5 heteroatoms. The monoisotopic (exact) mass is 284 g/mol. The minimum absolute atomic E-state index is 0.0547. The van der Waals surface area contributed by atoms with Crippen LogP contribution >= 0.6 is 27.3 Å². The van der Waals surface area contributed by atoms with Crippen LogP contribution in [0.4, 0.5) is 0 Å². The second-order valence-corrected chi connectivity index (χ2v) is 4.99. The third kappa shape index (κ3) is 2.35. The van der Waals surface area contributed by atoms with Crippen LogP contribution in [0.1, 0.15) is 11.3 Å². The van der Waals surface area contributed by atoms with Crippen LogP contribution in [0.2, 0.25) is 0 Å². The first kappa shape index (κ1) is 10.6. The molecule has 0 unspecified atom stereocenters. The molecular formula is C10H9BrN2OS. The highest BCUT2D eigenvalue weighted by Gasteiger charge is 2.03. The number of hydrogen-bond donors (Lipinski definition) is 0. The first-order valence-corrected chi connectivity index (χ1v) is 6.09. The van der Waals surface area contributed by atoms with Crippen molar-refractivity contribution in [3.8, 4) is 0 Å². The fraction of sp³-hybridized carbons (Fsp3) is 0.200. The average molecular weight is 285 g/mol. The zero-order chi connectivity index (χ0) is 10.8. The van der Waals surface area contributed by atoms with Crippen LogP contribution in [0, 0.1) is 6.92 Å². The van der Waals surface area contributed by atoms with Gasteiger partial charge in [0.15, 0.2) is 0 Å². The smallest absolute Gasteiger partial charge is 0.300 e. The Morgan fingerprint density at radius 2 is 2.40 bits per heavy atom. The van der Waals surface area contributed by atoms with Crippen molar-refractivity contribution < 1.29 is 0 Å². The molecule has 2 rings (SSSR count). The van der Waals surface area contributed by atoms with Crippen LogP contribution in [-0.4, -0.2) is 9.55 Å². The normalized spacial score (nSPS) is 10.5. The van der Waals surface area contributed by atoms with E-state index in [0.29, 0.717) is 6.54 Å². The SMILES string of the molecule is Cc1cc(Br)cnc1Cn1ccsc1=O. The Morgan fingerprint density at radius 3 is 3.00 bits per heavy atom. The molecule has 0 saturated carbocycles. The number of hydrogen-bond acceptors (Lipinski definition) is 3. The molecule has 0 radical (unpaired) electrons. The fourth-order valence-corrected chi connectivity index (χ4v) is 2.33. The molecule has 2 aromatic heterocycles. The molecule has 0 fully saturated rings. The van der Waals surface area contributed by atoms with Gasteiger partial charge in [0.25, 0.3) is 0 Å². The van der Waals surface area contributed by atoms with E-state index in [9.17, 15) is 4.79 Å².